The number of hydrogen-bond acceptors (Lipinski definition) is 2. The van der Waals surface area contributed by atoms with Crippen LogP contribution in [0.25, 0.3) is 0 Å². The molecule has 1 aliphatic heterocycles. The zero-order chi connectivity index (χ0) is 13.6. The molecule has 2 aliphatic carbocycles. The number of likely N-dealkylation sites (tertiary alicyclic amines) is 1. The minimum absolute atomic E-state index is 0.0945. The van der Waals surface area contributed by atoms with Gasteiger partial charge in [-0.05, 0) is 37.5 Å². The summed E-state index contributed by atoms with van der Waals surface area (Å²) in [4.78, 5) is 14.3. The van der Waals surface area contributed by atoms with Crippen molar-refractivity contribution in [1.82, 2.24) is 4.90 Å². The molecule has 2 N–H and O–H groups in total. The van der Waals surface area contributed by atoms with E-state index in [4.69, 9.17) is 5.73 Å². The summed E-state index contributed by atoms with van der Waals surface area (Å²) < 4.78 is 26.2. The van der Waals surface area contributed by atoms with Crippen molar-refractivity contribution in [3.05, 3.63) is 0 Å². The normalized spacial score (nSPS) is 38.5. The maximum absolute atomic E-state index is 13.1. The molecule has 0 spiro atoms. The number of rotatable bonds is 1. The lowest BCUT2D eigenvalue weighted by molar-refractivity contribution is -0.138. The molecule has 2 saturated carbocycles. The van der Waals surface area contributed by atoms with Crippen LogP contribution in [-0.2, 0) is 4.79 Å². The van der Waals surface area contributed by atoms with Gasteiger partial charge < -0.3 is 10.6 Å². The van der Waals surface area contributed by atoms with Gasteiger partial charge in [0.1, 0.15) is 0 Å². The molecule has 0 unspecified atom stereocenters. The number of amides is 1. The Bertz CT molecular complexity index is 364. The van der Waals surface area contributed by atoms with Gasteiger partial charge in [0.05, 0.1) is 0 Å². The van der Waals surface area contributed by atoms with Gasteiger partial charge in [0, 0.05) is 37.9 Å². The van der Waals surface area contributed by atoms with Crippen LogP contribution in [0.1, 0.15) is 38.5 Å². The highest BCUT2D eigenvalue weighted by Crippen LogP contribution is 2.40. The van der Waals surface area contributed by atoms with E-state index in [1.807, 2.05) is 4.90 Å². The first kappa shape index (κ1) is 13.3. The van der Waals surface area contributed by atoms with Crippen LogP contribution in [0.3, 0.4) is 0 Å². The predicted octanol–water partition coefficient (Wildman–Crippen LogP) is 2.01. The maximum atomic E-state index is 13.1. The number of nitrogens with two attached hydrogens (primary N) is 1. The Morgan fingerprint density at radius 1 is 1.11 bits per heavy atom. The highest BCUT2D eigenvalue weighted by atomic mass is 19.3. The van der Waals surface area contributed by atoms with Crippen LogP contribution in [0.15, 0.2) is 0 Å². The van der Waals surface area contributed by atoms with Crippen LogP contribution in [0, 0.1) is 17.8 Å². The lowest BCUT2D eigenvalue weighted by atomic mass is 9.86. The Labute approximate surface area is 112 Å². The summed E-state index contributed by atoms with van der Waals surface area (Å²) in [6.07, 6.45) is 2.58. The highest BCUT2D eigenvalue weighted by molar-refractivity contribution is 5.79. The first-order valence-corrected chi connectivity index (χ1v) is 7.38. The van der Waals surface area contributed by atoms with E-state index < -0.39 is 5.92 Å². The Morgan fingerprint density at radius 3 is 2.42 bits per heavy atom. The van der Waals surface area contributed by atoms with E-state index >= 15 is 0 Å². The fourth-order valence-corrected chi connectivity index (χ4v) is 4.03. The second-order valence-electron chi connectivity index (χ2n) is 6.54. The van der Waals surface area contributed by atoms with Crippen LogP contribution in [-0.4, -0.2) is 35.9 Å². The molecule has 3 nitrogen and oxygen atoms in total. The fourth-order valence-electron chi connectivity index (χ4n) is 4.03. The standard InChI is InChI=1S/C14H22F2N2O/c15-14(16)5-3-9(4-6-14)13(19)18-7-10-1-2-12(17)11(10)8-18/h9-12H,1-8,17H2/t10-,11-,12+/m0/s1. The first-order chi connectivity index (χ1) is 8.96. The monoisotopic (exact) mass is 272 g/mol. The summed E-state index contributed by atoms with van der Waals surface area (Å²) in [6, 6.07) is 0.221. The van der Waals surface area contributed by atoms with E-state index in [1.165, 1.54) is 0 Å². The summed E-state index contributed by atoms with van der Waals surface area (Å²) in [5, 5.41) is 0. The van der Waals surface area contributed by atoms with Gasteiger partial charge in [-0.25, -0.2) is 8.78 Å². The smallest absolute Gasteiger partial charge is 0.248 e. The zero-order valence-corrected chi connectivity index (χ0v) is 11.2. The molecule has 3 rings (SSSR count). The minimum atomic E-state index is -2.55. The fraction of sp³-hybridized carbons (Fsp3) is 0.929. The third kappa shape index (κ3) is 2.49. The van der Waals surface area contributed by atoms with E-state index in [2.05, 4.69) is 0 Å². The van der Waals surface area contributed by atoms with Crippen LogP contribution in [0.5, 0.6) is 0 Å². The molecule has 0 aromatic rings. The molecule has 5 heteroatoms. The third-order valence-electron chi connectivity index (χ3n) is 5.29. The number of alkyl halides is 2. The molecule has 1 amide bonds. The molecule has 1 heterocycles. The topological polar surface area (TPSA) is 46.3 Å². The lowest BCUT2D eigenvalue weighted by Gasteiger charge is -2.30. The van der Waals surface area contributed by atoms with Crippen LogP contribution >= 0.6 is 0 Å². The van der Waals surface area contributed by atoms with Crippen molar-refractivity contribution in [1.29, 1.82) is 0 Å². The number of carbonyl (C=O) groups excluding carboxylic acids is 1. The van der Waals surface area contributed by atoms with Gasteiger partial charge in [-0.3, -0.25) is 4.79 Å². The number of halogens is 2. The second kappa shape index (κ2) is 4.69. The number of fused-ring (bicyclic) bond motifs is 1. The molecule has 0 bridgehead atoms. The van der Waals surface area contributed by atoms with E-state index in [-0.39, 0.29) is 30.7 Å². The minimum Gasteiger partial charge on any atom is -0.342 e. The average molecular weight is 272 g/mol. The van der Waals surface area contributed by atoms with Gasteiger partial charge in [-0.2, -0.15) is 0 Å². The van der Waals surface area contributed by atoms with E-state index in [9.17, 15) is 13.6 Å². The molecule has 0 aromatic carbocycles. The van der Waals surface area contributed by atoms with Crippen molar-refractivity contribution in [2.75, 3.05) is 13.1 Å². The van der Waals surface area contributed by atoms with Crippen LogP contribution in [0.4, 0.5) is 8.78 Å². The predicted molar refractivity (Wildman–Crippen MR) is 67.7 cm³/mol. The zero-order valence-electron chi connectivity index (χ0n) is 11.2. The van der Waals surface area contributed by atoms with Gasteiger partial charge in [0.2, 0.25) is 11.8 Å². The molecule has 3 fully saturated rings. The quantitative estimate of drug-likeness (QED) is 0.793. The molecule has 3 aliphatic rings. The molecule has 0 radical (unpaired) electrons. The van der Waals surface area contributed by atoms with Crippen LogP contribution < -0.4 is 5.73 Å². The summed E-state index contributed by atoms with van der Waals surface area (Å²) in [5.74, 6) is -1.66. The molecule has 108 valence electrons. The molecule has 19 heavy (non-hydrogen) atoms. The number of carbonyl (C=O) groups is 1. The SMILES string of the molecule is N[C@@H]1CC[C@H]2CN(C(=O)C3CCC(F)(F)CC3)C[C@@H]21. The van der Waals surface area contributed by atoms with Gasteiger partial charge >= 0.3 is 0 Å². The number of nitrogens with zero attached hydrogens (tertiary/aromatic N) is 1. The summed E-state index contributed by atoms with van der Waals surface area (Å²) in [6.45, 7) is 1.54. The number of hydrogen-bond donors (Lipinski definition) is 1. The van der Waals surface area contributed by atoms with E-state index in [0.717, 1.165) is 25.9 Å². The average Bonchev–Trinajstić information content (AvgIpc) is 2.91. The molecule has 3 atom stereocenters. The van der Waals surface area contributed by atoms with Crippen molar-refractivity contribution in [2.45, 2.75) is 50.5 Å². The lowest BCUT2D eigenvalue weighted by Crippen LogP contribution is -2.39. The maximum Gasteiger partial charge on any atom is 0.248 e. The second-order valence-corrected chi connectivity index (χ2v) is 6.54. The van der Waals surface area contributed by atoms with E-state index in [0.29, 0.717) is 24.7 Å². The summed E-state index contributed by atoms with van der Waals surface area (Å²) >= 11 is 0. The van der Waals surface area contributed by atoms with Crippen molar-refractivity contribution in [2.24, 2.45) is 23.5 Å². The van der Waals surface area contributed by atoms with Gasteiger partial charge in [0.15, 0.2) is 0 Å². The first-order valence-electron chi connectivity index (χ1n) is 7.38. The summed E-state index contributed by atoms with van der Waals surface area (Å²) in [5.41, 5.74) is 6.06. The molecular weight excluding hydrogens is 250 g/mol. The van der Waals surface area contributed by atoms with Gasteiger partial charge in [0.25, 0.3) is 0 Å². The molecule has 1 saturated heterocycles. The van der Waals surface area contributed by atoms with E-state index in [1.54, 1.807) is 0 Å². The van der Waals surface area contributed by atoms with Gasteiger partial charge in [-0.15, -0.1) is 0 Å². The Balaban J connectivity index is 1.57. The largest absolute Gasteiger partial charge is 0.342 e. The Kier molecular flexibility index (Phi) is 3.28. The summed E-state index contributed by atoms with van der Waals surface area (Å²) in [7, 11) is 0. The van der Waals surface area contributed by atoms with Crippen LogP contribution in [0.2, 0.25) is 0 Å². The van der Waals surface area contributed by atoms with Gasteiger partial charge in [-0.1, -0.05) is 0 Å². The third-order valence-corrected chi connectivity index (χ3v) is 5.29. The van der Waals surface area contributed by atoms with Crippen molar-refractivity contribution in [3.8, 4) is 0 Å². The highest BCUT2D eigenvalue weighted by Gasteiger charge is 2.45. The Morgan fingerprint density at radius 2 is 1.79 bits per heavy atom. The van der Waals surface area contributed by atoms with Crippen molar-refractivity contribution in [3.63, 3.8) is 0 Å². The van der Waals surface area contributed by atoms with Crippen molar-refractivity contribution < 1.29 is 13.6 Å². The molecular formula is C14H22F2N2O. The van der Waals surface area contributed by atoms with Crippen molar-refractivity contribution >= 4 is 5.91 Å². The Hall–Kier alpha value is -0.710. The molecule has 0 aromatic heterocycles.